The van der Waals surface area contributed by atoms with E-state index in [0.29, 0.717) is 6.61 Å². The van der Waals surface area contributed by atoms with Gasteiger partial charge in [-0.15, -0.1) is 0 Å². The van der Waals surface area contributed by atoms with Crippen LogP contribution in [0.15, 0.2) is 30.3 Å². The Labute approximate surface area is 132 Å². The van der Waals surface area contributed by atoms with Crippen LogP contribution in [0.5, 0.6) is 0 Å². The van der Waals surface area contributed by atoms with Gasteiger partial charge in [0.15, 0.2) is 0 Å². The summed E-state index contributed by atoms with van der Waals surface area (Å²) in [6.45, 7) is 4.03. The Balaban J connectivity index is 1.43. The van der Waals surface area contributed by atoms with Crippen LogP contribution in [0.25, 0.3) is 0 Å². The lowest BCUT2D eigenvalue weighted by Gasteiger charge is -2.58. The van der Waals surface area contributed by atoms with Crippen LogP contribution in [0, 0.1) is 5.41 Å². The van der Waals surface area contributed by atoms with Gasteiger partial charge in [0.2, 0.25) is 5.91 Å². The highest BCUT2D eigenvalue weighted by atomic mass is 16.5. The van der Waals surface area contributed by atoms with E-state index < -0.39 is 5.60 Å². The molecule has 1 aliphatic carbocycles. The summed E-state index contributed by atoms with van der Waals surface area (Å²) in [5, 5.41) is 10.4. The van der Waals surface area contributed by atoms with E-state index in [4.69, 9.17) is 4.74 Å². The molecule has 0 radical (unpaired) electrons. The van der Waals surface area contributed by atoms with Gasteiger partial charge in [-0.05, 0) is 38.2 Å². The first kappa shape index (κ1) is 15.5. The first-order valence-electron chi connectivity index (χ1n) is 8.14. The van der Waals surface area contributed by atoms with Crippen LogP contribution in [0.4, 0.5) is 0 Å². The van der Waals surface area contributed by atoms with Gasteiger partial charge in [-0.3, -0.25) is 4.79 Å². The minimum Gasteiger partial charge on any atom is -0.390 e. The van der Waals surface area contributed by atoms with Crippen molar-refractivity contribution in [1.29, 1.82) is 0 Å². The largest absolute Gasteiger partial charge is 0.390 e. The maximum absolute atomic E-state index is 12.2. The number of rotatable bonds is 4. The van der Waals surface area contributed by atoms with Crippen molar-refractivity contribution >= 4 is 5.91 Å². The van der Waals surface area contributed by atoms with Crippen LogP contribution in [0.3, 0.4) is 0 Å². The number of amides is 1. The van der Waals surface area contributed by atoms with Crippen molar-refractivity contribution in [2.75, 3.05) is 19.7 Å². The topological polar surface area (TPSA) is 49.8 Å². The smallest absolute Gasteiger partial charge is 0.248 e. The summed E-state index contributed by atoms with van der Waals surface area (Å²) in [6.07, 6.45) is 3.79. The highest BCUT2D eigenvalue weighted by molar-refractivity contribution is 5.77. The van der Waals surface area contributed by atoms with E-state index in [1.807, 2.05) is 42.2 Å². The zero-order valence-corrected chi connectivity index (χ0v) is 13.3. The molecule has 1 unspecified atom stereocenters. The second-order valence-corrected chi connectivity index (χ2v) is 6.91. The molecule has 0 bridgehead atoms. The van der Waals surface area contributed by atoms with Gasteiger partial charge in [0.05, 0.1) is 12.2 Å². The first-order valence-corrected chi connectivity index (χ1v) is 8.14. The molecule has 22 heavy (non-hydrogen) atoms. The van der Waals surface area contributed by atoms with E-state index in [1.165, 1.54) is 0 Å². The average molecular weight is 303 g/mol. The van der Waals surface area contributed by atoms with E-state index in [2.05, 4.69) is 0 Å². The number of likely N-dealkylation sites (tertiary alicyclic amines) is 1. The molecule has 1 aliphatic heterocycles. The molecule has 1 heterocycles. The van der Waals surface area contributed by atoms with Gasteiger partial charge in [-0.2, -0.15) is 0 Å². The second-order valence-electron chi connectivity index (χ2n) is 6.91. The number of nitrogens with zero attached hydrogens (tertiary/aromatic N) is 1. The van der Waals surface area contributed by atoms with Gasteiger partial charge in [-0.1, -0.05) is 30.3 Å². The monoisotopic (exact) mass is 303 g/mol. The van der Waals surface area contributed by atoms with Crippen molar-refractivity contribution in [1.82, 2.24) is 4.90 Å². The molecule has 4 heteroatoms. The van der Waals surface area contributed by atoms with Crippen molar-refractivity contribution < 1.29 is 14.6 Å². The van der Waals surface area contributed by atoms with Gasteiger partial charge in [0, 0.05) is 18.5 Å². The third-order valence-corrected chi connectivity index (χ3v) is 5.64. The fraction of sp³-hybridized carbons (Fsp3) is 0.611. The molecule has 120 valence electrons. The van der Waals surface area contributed by atoms with Crippen molar-refractivity contribution in [3.8, 4) is 0 Å². The summed E-state index contributed by atoms with van der Waals surface area (Å²) in [7, 11) is 0. The number of benzene rings is 1. The van der Waals surface area contributed by atoms with Crippen LogP contribution in [0.1, 0.15) is 38.2 Å². The zero-order valence-electron chi connectivity index (χ0n) is 13.3. The average Bonchev–Trinajstić information content (AvgIpc) is 2.55. The molecule has 1 aromatic carbocycles. The maximum Gasteiger partial charge on any atom is 0.248 e. The highest BCUT2D eigenvalue weighted by Crippen LogP contribution is 2.56. The molecule has 1 aromatic rings. The number of carbonyl (C=O) groups is 1. The van der Waals surface area contributed by atoms with E-state index in [1.54, 1.807) is 0 Å². The van der Waals surface area contributed by atoms with Crippen molar-refractivity contribution in [3.63, 3.8) is 0 Å². The minimum atomic E-state index is -0.536. The van der Waals surface area contributed by atoms with Gasteiger partial charge in [-0.25, -0.2) is 0 Å². The standard InChI is InChI=1S/C18H25NO3/c1-17(21)7-8-18(17)9-11-19(12-10-18)16(20)14-22-13-15-5-3-2-4-6-15/h2-6,21H,7-14H2,1H3. The number of carbonyl (C=O) groups excluding carboxylic acids is 1. The highest BCUT2D eigenvalue weighted by Gasteiger charge is 2.55. The number of piperidine rings is 1. The Hall–Kier alpha value is -1.39. The molecule has 2 aliphatic rings. The minimum absolute atomic E-state index is 0.0503. The quantitative estimate of drug-likeness (QED) is 0.929. The van der Waals surface area contributed by atoms with E-state index in [-0.39, 0.29) is 17.9 Å². The molecule has 3 rings (SSSR count). The lowest BCUT2D eigenvalue weighted by atomic mass is 9.53. The van der Waals surface area contributed by atoms with Crippen molar-refractivity contribution in [2.24, 2.45) is 5.41 Å². The molecular formula is C18H25NO3. The lowest BCUT2D eigenvalue weighted by molar-refractivity contribution is -0.181. The molecule has 4 nitrogen and oxygen atoms in total. The van der Waals surface area contributed by atoms with E-state index in [0.717, 1.165) is 44.3 Å². The molecule has 0 aromatic heterocycles. The van der Waals surface area contributed by atoms with Crippen LogP contribution >= 0.6 is 0 Å². The molecule has 1 saturated heterocycles. The van der Waals surface area contributed by atoms with Gasteiger partial charge in [0.25, 0.3) is 0 Å². The third-order valence-electron chi connectivity index (χ3n) is 5.64. The molecule has 1 amide bonds. The number of aliphatic hydroxyl groups is 1. The SMILES string of the molecule is CC1(O)CCC12CCN(C(=O)COCc1ccccc1)CC2. The summed E-state index contributed by atoms with van der Waals surface area (Å²) in [6, 6.07) is 9.89. The molecule has 1 atom stereocenters. The third kappa shape index (κ3) is 2.90. The molecule has 2 fully saturated rings. The number of ether oxygens (including phenoxy) is 1. The fourth-order valence-corrected chi connectivity index (χ4v) is 3.73. The van der Waals surface area contributed by atoms with Crippen LogP contribution in [-0.4, -0.2) is 41.2 Å². The van der Waals surface area contributed by atoms with Gasteiger partial charge < -0.3 is 14.7 Å². The summed E-state index contributed by atoms with van der Waals surface area (Å²) in [5.41, 5.74) is 0.596. The molecule has 1 N–H and O–H groups in total. The molecule has 1 saturated carbocycles. The Morgan fingerprint density at radius 3 is 2.41 bits per heavy atom. The Kier molecular flexibility index (Phi) is 4.24. The number of hydrogen-bond acceptors (Lipinski definition) is 3. The maximum atomic E-state index is 12.2. The van der Waals surface area contributed by atoms with E-state index in [9.17, 15) is 9.90 Å². The predicted molar refractivity (Wildman–Crippen MR) is 84.2 cm³/mol. The van der Waals surface area contributed by atoms with Crippen LogP contribution in [-0.2, 0) is 16.1 Å². The summed E-state index contributed by atoms with van der Waals surface area (Å²) < 4.78 is 5.53. The summed E-state index contributed by atoms with van der Waals surface area (Å²) in [4.78, 5) is 14.1. The molecular weight excluding hydrogens is 278 g/mol. The van der Waals surface area contributed by atoms with E-state index >= 15 is 0 Å². The normalized spacial score (nSPS) is 26.7. The molecule has 1 spiro atoms. The Morgan fingerprint density at radius 1 is 1.18 bits per heavy atom. The number of hydrogen-bond donors (Lipinski definition) is 1. The Morgan fingerprint density at radius 2 is 1.86 bits per heavy atom. The Bertz CT molecular complexity index is 518. The van der Waals surface area contributed by atoms with Crippen LogP contribution in [0.2, 0.25) is 0 Å². The summed E-state index contributed by atoms with van der Waals surface area (Å²) in [5.74, 6) is 0.0600. The van der Waals surface area contributed by atoms with Gasteiger partial charge in [0.1, 0.15) is 6.61 Å². The lowest BCUT2D eigenvalue weighted by Crippen LogP contribution is -2.60. The zero-order chi connectivity index (χ0) is 15.6. The van der Waals surface area contributed by atoms with Gasteiger partial charge >= 0.3 is 0 Å². The fourth-order valence-electron chi connectivity index (χ4n) is 3.73. The van der Waals surface area contributed by atoms with Crippen LogP contribution < -0.4 is 0 Å². The van der Waals surface area contributed by atoms with Crippen molar-refractivity contribution in [3.05, 3.63) is 35.9 Å². The second kappa shape index (κ2) is 6.01. The first-order chi connectivity index (χ1) is 10.5. The van der Waals surface area contributed by atoms with Crippen molar-refractivity contribution in [2.45, 2.75) is 44.8 Å². The predicted octanol–water partition coefficient (Wildman–Crippen LogP) is 2.36. The summed E-state index contributed by atoms with van der Waals surface area (Å²) >= 11 is 0.